The molecule has 0 spiro atoms. The van der Waals surface area contributed by atoms with E-state index < -0.39 is 40.5 Å². The summed E-state index contributed by atoms with van der Waals surface area (Å²) in [7, 11) is 1.53. The molecule has 0 unspecified atom stereocenters. The number of piperazine rings is 1. The first-order chi connectivity index (χ1) is 19.7. The number of anilines is 2. The van der Waals surface area contributed by atoms with Crippen molar-refractivity contribution in [2.75, 3.05) is 30.9 Å². The number of hydrogen-bond donors (Lipinski definition) is 2. The molecular formula is C28H31ClF4N6O3. The van der Waals surface area contributed by atoms with E-state index in [0.717, 1.165) is 18.9 Å². The third-order valence-corrected chi connectivity index (χ3v) is 8.68. The maximum Gasteiger partial charge on any atom is 0.418 e. The summed E-state index contributed by atoms with van der Waals surface area (Å²) < 4.78 is 77.5. The molecule has 3 aromatic rings. The van der Waals surface area contributed by atoms with Crippen LogP contribution in [-0.4, -0.2) is 65.0 Å². The lowest BCUT2D eigenvalue weighted by Crippen LogP contribution is -2.62. The maximum absolute atomic E-state index is 16.7. The van der Waals surface area contributed by atoms with E-state index in [1.165, 1.54) is 14.0 Å². The second-order valence-electron chi connectivity index (χ2n) is 11.7. The minimum Gasteiger partial charge on any atom is -0.486 e. The van der Waals surface area contributed by atoms with E-state index in [9.17, 15) is 13.2 Å². The summed E-state index contributed by atoms with van der Waals surface area (Å²) in [4.78, 5) is 15.0. The second-order valence-corrected chi connectivity index (χ2v) is 12.1. The molecule has 6 rings (SSSR count). The van der Waals surface area contributed by atoms with Crippen LogP contribution in [-0.2, 0) is 10.9 Å². The topological polar surface area (TPSA) is 108 Å². The van der Waals surface area contributed by atoms with Crippen LogP contribution in [0.1, 0.15) is 44.7 Å². The van der Waals surface area contributed by atoms with E-state index in [-0.39, 0.29) is 63.8 Å². The lowest BCUT2D eigenvalue weighted by molar-refractivity contribution is -0.137. The highest BCUT2D eigenvalue weighted by Crippen LogP contribution is 2.52. The summed E-state index contributed by atoms with van der Waals surface area (Å²) in [5.74, 6) is -1.02. The molecule has 5 heterocycles. The number of alkyl halides is 3. The Labute approximate surface area is 244 Å². The molecule has 1 aromatic carbocycles. The number of aromatic nitrogens is 3. The van der Waals surface area contributed by atoms with Crippen LogP contribution < -0.4 is 25.4 Å². The number of methoxy groups -OCH3 is 1. The summed E-state index contributed by atoms with van der Waals surface area (Å²) >= 11 is 6.80. The standard InChI is InChI=1S/C28H31ClF4N6O3/c1-11-8-15(34)36-21(18(11)28(31,32)33)16-19(29)24-17-22(20(16)30)37-26(41-10-27(3,4)40-5)38-25(17)39-9-13-6-7-14(35-13)23(39)12(2)42-24/h8,12-14,23,35H,6-7,9-10H2,1-5H3,(H2,34,36)/t12-,13+,14-,23+/m0/s1. The van der Waals surface area contributed by atoms with E-state index >= 15 is 4.39 Å². The molecule has 0 saturated carbocycles. The first kappa shape index (κ1) is 28.9. The van der Waals surface area contributed by atoms with Gasteiger partial charge in [0.05, 0.1) is 38.9 Å². The van der Waals surface area contributed by atoms with Crippen molar-refractivity contribution in [3.63, 3.8) is 0 Å². The molecule has 0 radical (unpaired) electrons. The average molecular weight is 611 g/mol. The van der Waals surface area contributed by atoms with Crippen molar-refractivity contribution in [1.82, 2.24) is 20.3 Å². The van der Waals surface area contributed by atoms with E-state index in [0.29, 0.717) is 12.4 Å². The van der Waals surface area contributed by atoms with Gasteiger partial charge in [-0.3, -0.25) is 0 Å². The summed E-state index contributed by atoms with van der Waals surface area (Å²) in [6, 6.07) is 0.922. The fraction of sp³-hybridized carbons (Fsp3) is 0.536. The molecule has 2 aromatic heterocycles. The number of nitrogen functional groups attached to an aromatic ring is 1. The van der Waals surface area contributed by atoms with Gasteiger partial charge < -0.3 is 30.2 Å². The second kappa shape index (κ2) is 9.95. The van der Waals surface area contributed by atoms with E-state index in [1.807, 2.05) is 6.92 Å². The minimum atomic E-state index is -4.88. The Morgan fingerprint density at radius 1 is 1.21 bits per heavy atom. The van der Waals surface area contributed by atoms with Crippen LogP contribution in [0.25, 0.3) is 22.2 Å². The van der Waals surface area contributed by atoms with Gasteiger partial charge in [-0.1, -0.05) is 11.6 Å². The van der Waals surface area contributed by atoms with Crippen LogP contribution >= 0.6 is 11.6 Å². The molecule has 9 nitrogen and oxygen atoms in total. The Hall–Kier alpha value is -3.16. The zero-order valence-corrected chi connectivity index (χ0v) is 24.5. The van der Waals surface area contributed by atoms with Crippen molar-refractivity contribution in [2.45, 2.75) is 76.5 Å². The lowest BCUT2D eigenvalue weighted by Gasteiger charge is -2.42. The summed E-state index contributed by atoms with van der Waals surface area (Å²) in [5, 5.41) is 3.39. The molecular weight excluding hydrogens is 580 g/mol. The first-order valence-corrected chi connectivity index (χ1v) is 14.0. The predicted molar refractivity (Wildman–Crippen MR) is 150 cm³/mol. The SMILES string of the molecule is COC(C)(C)COc1nc2c3c(c(Cl)c(-c4nc(N)cc(C)c4C(F)(F)F)c(F)c3n1)O[C@@H](C)[C@@H]1[C@@H]3CC[C@H](CN21)N3. The molecule has 2 saturated heterocycles. The van der Waals surface area contributed by atoms with Crippen LogP contribution in [0.2, 0.25) is 5.02 Å². The van der Waals surface area contributed by atoms with Gasteiger partial charge in [0.25, 0.3) is 0 Å². The van der Waals surface area contributed by atoms with Gasteiger partial charge in [0.1, 0.15) is 29.9 Å². The Morgan fingerprint density at radius 2 is 1.95 bits per heavy atom. The number of fused-ring (bicyclic) bond motifs is 5. The number of nitrogens with one attached hydrogen (secondary N) is 1. The smallest absolute Gasteiger partial charge is 0.418 e. The fourth-order valence-corrected chi connectivity index (χ4v) is 6.58. The van der Waals surface area contributed by atoms with E-state index in [4.69, 9.17) is 36.5 Å². The van der Waals surface area contributed by atoms with Crippen LogP contribution in [0.15, 0.2) is 6.07 Å². The highest BCUT2D eigenvalue weighted by Gasteiger charge is 2.48. The number of benzene rings is 1. The number of hydrogen-bond acceptors (Lipinski definition) is 9. The van der Waals surface area contributed by atoms with Crippen molar-refractivity contribution in [1.29, 1.82) is 0 Å². The third-order valence-electron chi connectivity index (χ3n) is 8.32. The molecule has 3 N–H and O–H groups in total. The number of nitrogens with zero attached hydrogens (tertiary/aromatic N) is 4. The normalized spacial score (nSPS) is 23.5. The number of ether oxygens (including phenoxy) is 3. The minimum absolute atomic E-state index is 0.0189. The molecule has 0 aliphatic carbocycles. The number of aryl methyl sites for hydroxylation is 1. The van der Waals surface area contributed by atoms with E-state index in [2.05, 4.69) is 20.2 Å². The van der Waals surface area contributed by atoms with Gasteiger partial charge >= 0.3 is 12.2 Å². The van der Waals surface area contributed by atoms with Crippen LogP contribution in [0.5, 0.6) is 11.8 Å². The van der Waals surface area contributed by atoms with E-state index in [1.54, 1.807) is 13.8 Å². The molecule has 4 atom stereocenters. The molecule has 14 heteroatoms. The summed E-state index contributed by atoms with van der Waals surface area (Å²) in [6.07, 6.45) is -3.53. The quantitative estimate of drug-likeness (QED) is 0.373. The monoisotopic (exact) mass is 610 g/mol. The Kier molecular flexibility index (Phi) is 6.86. The van der Waals surface area contributed by atoms with Crippen molar-refractivity contribution in [3.05, 3.63) is 28.0 Å². The van der Waals surface area contributed by atoms with Crippen molar-refractivity contribution < 1.29 is 31.8 Å². The van der Waals surface area contributed by atoms with Crippen LogP contribution in [0, 0.1) is 12.7 Å². The Morgan fingerprint density at radius 3 is 2.64 bits per heavy atom. The highest BCUT2D eigenvalue weighted by molar-refractivity contribution is 6.36. The fourth-order valence-electron chi connectivity index (χ4n) is 6.26. The highest BCUT2D eigenvalue weighted by atomic mass is 35.5. The lowest BCUT2D eigenvalue weighted by atomic mass is 9.98. The average Bonchev–Trinajstić information content (AvgIpc) is 3.22. The number of rotatable bonds is 5. The predicted octanol–water partition coefficient (Wildman–Crippen LogP) is 5.29. The summed E-state index contributed by atoms with van der Waals surface area (Å²) in [5.41, 5.74) is 2.10. The number of nitrogens with two attached hydrogens (primary N) is 1. The van der Waals surface area contributed by atoms with Crippen molar-refractivity contribution >= 4 is 34.1 Å². The first-order valence-electron chi connectivity index (χ1n) is 13.6. The molecule has 2 bridgehead atoms. The molecule has 3 aliphatic rings. The van der Waals surface area contributed by atoms with Gasteiger partial charge in [-0.15, -0.1) is 0 Å². The van der Waals surface area contributed by atoms with Crippen LogP contribution in [0.4, 0.5) is 29.2 Å². The van der Waals surface area contributed by atoms with Gasteiger partial charge in [0.2, 0.25) is 0 Å². The Bertz CT molecular complexity index is 1590. The largest absolute Gasteiger partial charge is 0.486 e. The van der Waals surface area contributed by atoms with Gasteiger partial charge in [-0.05, 0) is 52.2 Å². The maximum atomic E-state index is 16.7. The van der Waals surface area contributed by atoms with Gasteiger partial charge in [0, 0.05) is 25.7 Å². The third kappa shape index (κ3) is 4.65. The molecule has 3 aliphatic heterocycles. The van der Waals surface area contributed by atoms with Crippen LogP contribution in [0.3, 0.4) is 0 Å². The number of halogens is 5. The molecule has 226 valence electrons. The zero-order valence-electron chi connectivity index (χ0n) is 23.7. The summed E-state index contributed by atoms with van der Waals surface area (Å²) in [6.45, 7) is 7.26. The van der Waals surface area contributed by atoms with Crippen molar-refractivity contribution in [3.8, 4) is 23.0 Å². The van der Waals surface area contributed by atoms with Crippen molar-refractivity contribution in [2.24, 2.45) is 0 Å². The molecule has 2 fully saturated rings. The zero-order chi connectivity index (χ0) is 30.3. The van der Waals surface area contributed by atoms with Gasteiger partial charge in [-0.25, -0.2) is 9.37 Å². The Balaban J connectivity index is 1.66. The van der Waals surface area contributed by atoms with Gasteiger partial charge in [-0.2, -0.15) is 23.1 Å². The molecule has 42 heavy (non-hydrogen) atoms. The molecule has 0 amide bonds. The van der Waals surface area contributed by atoms with Gasteiger partial charge in [0.15, 0.2) is 11.6 Å². The number of pyridine rings is 1.